The summed E-state index contributed by atoms with van der Waals surface area (Å²) < 4.78 is 5.78. The summed E-state index contributed by atoms with van der Waals surface area (Å²) in [7, 11) is 0. The van der Waals surface area contributed by atoms with E-state index in [1.54, 1.807) is 6.07 Å². The third-order valence-corrected chi connectivity index (χ3v) is 5.14. The van der Waals surface area contributed by atoms with Gasteiger partial charge in [-0.3, -0.25) is 9.69 Å². The lowest BCUT2D eigenvalue weighted by Gasteiger charge is -2.19. The van der Waals surface area contributed by atoms with Gasteiger partial charge in [0, 0.05) is 6.54 Å². The van der Waals surface area contributed by atoms with E-state index in [0.717, 1.165) is 19.4 Å². The number of nitrogens with one attached hydrogen (secondary N) is 1. The van der Waals surface area contributed by atoms with Crippen LogP contribution in [0.1, 0.15) is 30.4 Å². The standard InChI is InChI=1S/C23H27ClN4O2/c1-3-14-28(15-21(29)25-13-12-18-9-5-4-8-17(18)2)16-22-26-27-23(30-22)19-10-6-7-11-20(19)24/h4-11H,3,12-16H2,1-2H3,(H,25,29). The first-order valence-electron chi connectivity index (χ1n) is 10.2. The van der Waals surface area contributed by atoms with Gasteiger partial charge in [0.1, 0.15) is 0 Å². The summed E-state index contributed by atoms with van der Waals surface area (Å²) in [5.74, 6) is 0.837. The molecular weight excluding hydrogens is 400 g/mol. The summed E-state index contributed by atoms with van der Waals surface area (Å²) in [5, 5.41) is 11.8. The normalized spacial score (nSPS) is 11.1. The van der Waals surface area contributed by atoms with E-state index >= 15 is 0 Å². The SMILES string of the molecule is CCCN(CC(=O)NCCc1ccccc1C)Cc1nnc(-c2ccccc2Cl)o1. The summed E-state index contributed by atoms with van der Waals surface area (Å²) in [5.41, 5.74) is 3.19. The molecule has 3 aromatic rings. The maximum absolute atomic E-state index is 12.4. The van der Waals surface area contributed by atoms with E-state index in [4.69, 9.17) is 16.0 Å². The lowest BCUT2D eigenvalue weighted by atomic mass is 10.1. The molecule has 0 unspecified atom stereocenters. The van der Waals surface area contributed by atoms with Crippen LogP contribution in [0, 0.1) is 6.92 Å². The Bertz CT molecular complexity index is 973. The van der Waals surface area contributed by atoms with E-state index in [-0.39, 0.29) is 12.5 Å². The number of hydrogen-bond acceptors (Lipinski definition) is 5. The largest absolute Gasteiger partial charge is 0.419 e. The first-order chi connectivity index (χ1) is 14.6. The number of benzene rings is 2. The van der Waals surface area contributed by atoms with Gasteiger partial charge in [0.25, 0.3) is 0 Å². The van der Waals surface area contributed by atoms with Crippen molar-refractivity contribution in [3.63, 3.8) is 0 Å². The second-order valence-corrected chi connectivity index (χ2v) is 7.63. The molecule has 0 spiro atoms. The van der Waals surface area contributed by atoms with Gasteiger partial charge >= 0.3 is 0 Å². The molecular formula is C23H27ClN4O2. The second-order valence-electron chi connectivity index (χ2n) is 7.22. The molecule has 0 atom stereocenters. The van der Waals surface area contributed by atoms with Crippen LogP contribution in [0.25, 0.3) is 11.5 Å². The minimum atomic E-state index is -0.0112. The molecule has 0 saturated heterocycles. The average Bonchev–Trinajstić information content (AvgIpc) is 3.18. The third kappa shape index (κ3) is 6.15. The van der Waals surface area contributed by atoms with Crippen molar-refractivity contribution in [2.24, 2.45) is 0 Å². The van der Waals surface area contributed by atoms with Crippen LogP contribution >= 0.6 is 11.6 Å². The average molecular weight is 427 g/mol. The van der Waals surface area contributed by atoms with Crippen molar-refractivity contribution in [1.82, 2.24) is 20.4 Å². The Morgan fingerprint density at radius 1 is 1.13 bits per heavy atom. The van der Waals surface area contributed by atoms with Crippen LogP contribution in [0.4, 0.5) is 0 Å². The summed E-state index contributed by atoms with van der Waals surface area (Å²) in [6.45, 7) is 6.23. The molecule has 158 valence electrons. The molecule has 0 radical (unpaired) electrons. The quantitative estimate of drug-likeness (QED) is 0.524. The number of aryl methyl sites for hydroxylation is 1. The minimum absolute atomic E-state index is 0.0112. The number of amides is 1. The smallest absolute Gasteiger partial charge is 0.249 e. The fourth-order valence-corrected chi connectivity index (χ4v) is 3.49. The lowest BCUT2D eigenvalue weighted by Crippen LogP contribution is -2.38. The van der Waals surface area contributed by atoms with Gasteiger partial charge in [0.15, 0.2) is 0 Å². The van der Waals surface area contributed by atoms with E-state index in [1.807, 2.05) is 35.2 Å². The highest BCUT2D eigenvalue weighted by atomic mass is 35.5. The molecule has 0 aliphatic rings. The highest BCUT2D eigenvalue weighted by molar-refractivity contribution is 6.33. The number of carbonyl (C=O) groups excluding carboxylic acids is 1. The fraction of sp³-hybridized carbons (Fsp3) is 0.348. The number of rotatable bonds is 10. The monoisotopic (exact) mass is 426 g/mol. The summed E-state index contributed by atoms with van der Waals surface area (Å²) in [6.07, 6.45) is 1.74. The molecule has 1 aromatic heterocycles. The highest BCUT2D eigenvalue weighted by Gasteiger charge is 2.16. The maximum Gasteiger partial charge on any atom is 0.249 e. The van der Waals surface area contributed by atoms with Crippen LogP contribution in [-0.2, 0) is 17.8 Å². The zero-order chi connectivity index (χ0) is 21.3. The number of nitrogens with zero attached hydrogens (tertiary/aromatic N) is 3. The van der Waals surface area contributed by atoms with Crippen LogP contribution < -0.4 is 5.32 Å². The predicted octanol–water partition coefficient (Wildman–Crippen LogP) is 4.27. The molecule has 0 saturated carbocycles. The molecule has 0 aliphatic heterocycles. The second kappa shape index (κ2) is 10.9. The van der Waals surface area contributed by atoms with Gasteiger partial charge < -0.3 is 9.73 Å². The van der Waals surface area contributed by atoms with E-state index < -0.39 is 0 Å². The number of carbonyl (C=O) groups is 1. The van der Waals surface area contributed by atoms with Gasteiger partial charge in [-0.25, -0.2) is 0 Å². The van der Waals surface area contributed by atoms with Gasteiger partial charge in [0.2, 0.25) is 17.7 Å². The molecule has 0 bridgehead atoms. The Hall–Kier alpha value is -2.70. The van der Waals surface area contributed by atoms with Crippen molar-refractivity contribution in [3.05, 3.63) is 70.6 Å². The van der Waals surface area contributed by atoms with Crippen molar-refractivity contribution >= 4 is 17.5 Å². The fourth-order valence-electron chi connectivity index (χ4n) is 3.27. The van der Waals surface area contributed by atoms with Crippen LogP contribution in [-0.4, -0.2) is 40.6 Å². The highest BCUT2D eigenvalue weighted by Crippen LogP contribution is 2.26. The Balaban J connectivity index is 1.54. The Labute approximate surface area is 182 Å². The molecule has 7 heteroatoms. The van der Waals surface area contributed by atoms with Gasteiger partial charge in [-0.15, -0.1) is 10.2 Å². The molecule has 2 aromatic carbocycles. The Morgan fingerprint density at radius 2 is 1.90 bits per heavy atom. The minimum Gasteiger partial charge on any atom is -0.419 e. The number of halogens is 1. The van der Waals surface area contributed by atoms with E-state index in [1.165, 1.54) is 11.1 Å². The molecule has 0 fully saturated rings. The molecule has 30 heavy (non-hydrogen) atoms. The predicted molar refractivity (Wildman–Crippen MR) is 118 cm³/mol. The molecule has 1 heterocycles. The topological polar surface area (TPSA) is 71.3 Å². The van der Waals surface area contributed by atoms with Crippen molar-refractivity contribution in [3.8, 4) is 11.5 Å². The summed E-state index contributed by atoms with van der Waals surface area (Å²) in [4.78, 5) is 14.4. The van der Waals surface area contributed by atoms with Crippen LogP contribution in [0.2, 0.25) is 5.02 Å². The van der Waals surface area contributed by atoms with E-state index in [0.29, 0.717) is 35.5 Å². The van der Waals surface area contributed by atoms with Crippen molar-refractivity contribution in [1.29, 1.82) is 0 Å². The molecule has 3 rings (SSSR count). The number of aromatic nitrogens is 2. The molecule has 6 nitrogen and oxygen atoms in total. The van der Waals surface area contributed by atoms with Crippen LogP contribution in [0.3, 0.4) is 0 Å². The van der Waals surface area contributed by atoms with Crippen LogP contribution in [0.15, 0.2) is 52.9 Å². The van der Waals surface area contributed by atoms with E-state index in [9.17, 15) is 4.79 Å². The third-order valence-electron chi connectivity index (χ3n) is 4.81. The van der Waals surface area contributed by atoms with Gasteiger partial charge in [-0.05, 0) is 49.6 Å². The first-order valence-corrected chi connectivity index (χ1v) is 10.6. The Kier molecular flexibility index (Phi) is 7.99. The molecule has 0 aliphatic carbocycles. The van der Waals surface area contributed by atoms with E-state index in [2.05, 4.69) is 41.5 Å². The van der Waals surface area contributed by atoms with Crippen LogP contribution in [0.5, 0.6) is 0 Å². The van der Waals surface area contributed by atoms with Gasteiger partial charge in [-0.1, -0.05) is 54.9 Å². The zero-order valence-corrected chi connectivity index (χ0v) is 18.2. The Morgan fingerprint density at radius 3 is 2.67 bits per heavy atom. The van der Waals surface area contributed by atoms with Crippen molar-refractivity contribution in [2.45, 2.75) is 33.2 Å². The number of hydrogen-bond donors (Lipinski definition) is 1. The summed E-state index contributed by atoms with van der Waals surface area (Å²) >= 11 is 6.20. The van der Waals surface area contributed by atoms with Gasteiger partial charge in [0.05, 0.1) is 23.7 Å². The van der Waals surface area contributed by atoms with Crippen molar-refractivity contribution in [2.75, 3.05) is 19.6 Å². The first kappa shape index (κ1) is 22.0. The van der Waals surface area contributed by atoms with Crippen molar-refractivity contribution < 1.29 is 9.21 Å². The molecule has 1 N–H and O–H groups in total. The lowest BCUT2D eigenvalue weighted by molar-refractivity contribution is -0.122. The summed E-state index contributed by atoms with van der Waals surface area (Å²) in [6, 6.07) is 15.6. The van der Waals surface area contributed by atoms with Gasteiger partial charge in [-0.2, -0.15) is 0 Å². The maximum atomic E-state index is 12.4. The molecule has 1 amide bonds. The zero-order valence-electron chi connectivity index (χ0n) is 17.4.